The maximum Gasteiger partial charge on any atom is 0.407 e. The van der Waals surface area contributed by atoms with Gasteiger partial charge in [-0.3, -0.25) is 4.79 Å². The first-order valence-corrected chi connectivity index (χ1v) is 13.7. The first-order chi connectivity index (χ1) is 14.6. The molecule has 0 radical (unpaired) electrons. The van der Waals surface area contributed by atoms with Crippen LogP contribution in [0.1, 0.15) is 86.3 Å². The third kappa shape index (κ3) is 7.34. The molecule has 2 N–H and O–H groups in total. The lowest BCUT2D eigenvalue weighted by Crippen LogP contribution is -2.47. The lowest BCUT2D eigenvalue weighted by molar-refractivity contribution is -0.139. The van der Waals surface area contributed by atoms with Crippen LogP contribution in [0.3, 0.4) is 0 Å². The average molecular weight is 466 g/mol. The number of ether oxygens (including phenoxy) is 1. The molecule has 0 aliphatic carbocycles. The van der Waals surface area contributed by atoms with E-state index in [2.05, 4.69) is 46.9 Å². The Balaban J connectivity index is 2.98. The molecule has 0 saturated carbocycles. The molecular weight excluding hydrogens is 422 g/mol. The number of rotatable bonds is 10. The van der Waals surface area contributed by atoms with Crippen molar-refractivity contribution in [3.05, 3.63) is 35.4 Å². The minimum absolute atomic E-state index is 0.498. The molecule has 6 nitrogen and oxygen atoms in total. The van der Waals surface area contributed by atoms with Gasteiger partial charge in [0.2, 0.25) is 8.32 Å². The minimum atomic E-state index is -1.98. The van der Waals surface area contributed by atoms with Gasteiger partial charge in [0.15, 0.2) is 0 Å². The van der Waals surface area contributed by atoms with Gasteiger partial charge in [0.25, 0.3) is 0 Å². The van der Waals surface area contributed by atoms with Crippen molar-refractivity contribution < 1.29 is 23.9 Å². The van der Waals surface area contributed by atoms with Gasteiger partial charge < -0.3 is 19.6 Å². The van der Waals surface area contributed by atoms with Crippen LogP contribution < -0.4 is 5.32 Å². The highest BCUT2D eigenvalue weighted by Gasteiger charge is 2.45. The summed E-state index contributed by atoms with van der Waals surface area (Å²) in [6.45, 7) is 21.0. The molecule has 1 aromatic rings. The highest BCUT2D eigenvalue weighted by atomic mass is 28.4. The molecule has 0 bridgehead atoms. The number of carbonyl (C=O) groups excluding carboxylic acids is 1. The first kappa shape index (κ1) is 28.2. The second-order valence-electron chi connectivity index (χ2n) is 10.6. The predicted octanol–water partition coefficient (Wildman–Crippen LogP) is 6.46. The number of aliphatic carboxylic acids is 1. The Bertz CT molecular complexity index is 731. The van der Waals surface area contributed by atoms with E-state index in [-0.39, 0.29) is 0 Å². The molecule has 0 aliphatic rings. The van der Waals surface area contributed by atoms with Gasteiger partial charge in [-0.05, 0) is 55.4 Å². The maximum atomic E-state index is 12.1. The van der Waals surface area contributed by atoms with Crippen molar-refractivity contribution in [1.82, 2.24) is 5.32 Å². The van der Waals surface area contributed by atoms with E-state index in [4.69, 9.17) is 9.16 Å². The second-order valence-corrected chi connectivity index (χ2v) is 16.1. The smallest absolute Gasteiger partial charge is 0.407 e. The molecular formula is C25H43NO5Si. The summed E-state index contributed by atoms with van der Waals surface area (Å²) >= 11 is 0. The van der Waals surface area contributed by atoms with Crippen molar-refractivity contribution in [1.29, 1.82) is 0 Å². The summed E-state index contributed by atoms with van der Waals surface area (Å²) in [5.41, 5.74) is 2.49. The quantitative estimate of drug-likeness (QED) is 0.387. The molecule has 2 unspecified atom stereocenters. The van der Waals surface area contributed by atoms with E-state index in [9.17, 15) is 14.7 Å². The van der Waals surface area contributed by atoms with Crippen molar-refractivity contribution in [2.24, 2.45) is 0 Å². The molecule has 1 aromatic carbocycles. The Hall–Kier alpha value is -1.86. The summed E-state index contributed by atoms with van der Waals surface area (Å²) in [5.74, 6) is -1.88. The summed E-state index contributed by atoms with van der Waals surface area (Å²) in [5, 5.41) is 12.4. The maximum absolute atomic E-state index is 12.1. The number of nitrogens with one attached hydrogen (secondary N) is 1. The lowest BCUT2D eigenvalue weighted by atomic mass is 9.92. The minimum Gasteiger partial charge on any atom is -0.481 e. The second kappa shape index (κ2) is 11.3. The number of alkyl carbamates (subject to hydrolysis) is 1. The third-order valence-corrected chi connectivity index (χ3v) is 12.1. The molecule has 1 rings (SSSR count). The van der Waals surface area contributed by atoms with Crippen LogP contribution in [0, 0.1) is 0 Å². The van der Waals surface area contributed by atoms with Crippen LogP contribution in [0.15, 0.2) is 24.3 Å². The Kier molecular flexibility index (Phi) is 9.97. The van der Waals surface area contributed by atoms with Crippen LogP contribution in [0.5, 0.6) is 0 Å². The van der Waals surface area contributed by atoms with E-state index in [1.54, 1.807) is 27.7 Å². The van der Waals surface area contributed by atoms with Gasteiger partial charge >= 0.3 is 12.1 Å². The number of benzene rings is 1. The van der Waals surface area contributed by atoms with Crippen molar-refractivity contribution >= 4 is 20.4 Å². The van der Waals surface area contributed by atoms with Crippen LogP contribution in [-0.4, -0.2) is 37.1 Å². The zero-order valence-electron chi connectivity index (χ0n) is 21.5. The van der Waals surface area contributed by atoms with Crippen LogP contribution in [0.2, 0.25) is 16.6 Å². The molecule has 182 valence electrons. The number of carboxylic acids is 1. The van der Waals surface area contributed by atoms with E-state index in [0.29, 0.717) is 28.8 Å². The van der Waals surface area contributed by atoms with Crippen molar-refractivity contribution in [3.8, 4) is 0 Å². The van der Waals surface area contributed by atoms with Crippen LogP contribution in [0.4, 0.5) is 4.79 Å². The van der Waals surface area contributed by atoms with E-state index in [1.165, 1.54) is 0 Å². The van der Waals surface area contributed by atoms with Crippen LogP contribution in [-0.2, 0) is 20.6 Å². The zero-order chi connectivity index (χ0) is 24.9. The average Bonchev–Trinajstić information content (AvgIpc) is 2.60. The van der Waals surface area contributed by atoms with E-state index < -0.39 is 37.9 Å². The summed E-state index contributed by atoms with van der Waals surface area (Å²) < 4.78 is 11.9. The third-order valence-electron chi connectivity index (χ3n) is 6.05. The van der Waals surface area contributed by atoms with Gasteiger partial charge in [-0.1, -0.05) is 65.8 Å². The van der Waals surface area contributed by atoms with Gasteiger partial charge in [-0.2, -0.15) is 0 Å². The molecule has 7 heteroatoms. The standard InChI is InChI=1S/C25H43NO5Si/c1-16(2)32(17(3)4,18(5)6)30-15-20-11-13-21(14-12-20)22(23(27)28)19(7)26-24(29)31-25(8,9)10/h11-14,16-19,22H,15H2,1-10H3,(H,26,29)(H,27,28). The summed E-state index contributed by atoms with van der Waals surface area (Å²) in [4.78, 5) is 24.1. The Morgan fingerprint density at radius 1 is 0.938 bits per heavy atom. The van der Waals surface area contributed by atoms with Gasteiger partial charge in [0.05, 0.1) is 6.61 Å². The highest BCUT2D eigenvalue weighted by molar-refractivity contribution is 6.77. The van der Waals surface area contributed by atoms with Gasteiger partial charge in [-0.25, -0.2) is 4.79 Å². The number of carbonyl (C=O) groups is 2. The van der Waals surface area contributed by atoms with Crippen molar-refractivity contribution in [3.63, 3.8) is 0 Å². The molecule has 2 atom stereocenters. The van der Waals surface area contributed by atoms with Crippen molar-refractivity contribution in [2.45, 2.75) is 110 Å². The van der Waals surface area contributed by atoms with Gasteiger partial charge in [-0.15, -0.1) is 0 Å². The van der Waals surface area contributed by atoms with E-state index in [1.807, 2.05) is 24.3 Å². The fourth-order valence-electron chi connectivity index (χ4n) is 4.75. The SMILES string of the molecule is CC(NC(=O)OC(C)(C)C)C(C(=O)O)c1ccc(CO[Si](C(C)C)(C(C)C)C(C)C)cc1. The Morgan fingerprint density at radius 3 is 1.78 bits per heavy atom. The Labute approximate surface area is 195 Å². The number of hydrogen-bond acceptors (Lipinski definition) is 4. The van der Waals surface area contributed by atoms with Gasteiger partial charge in [0, 0.05) is 6.04 Å². The lowest BCUT2D eigenvalue weighted by Gasteiger charge is -2.42. The predicted molar refractivity (Wildman–Crippen MR) is 131 cm³/mol. The monoisotopic (exact) mass is 465 g/mol. The van der Waals surface area contributed by atoms with E-state index >= 15 is 0 Å². The molecule has 0 aromatic heterocycles. The molecule has 0 fully saturated rings. The highest BCUT2D eigenvalue weighted by Crippen LogP contribution is 2.42. The largest absolute Gasteiger partial charge is 0.481 e. The molecule has 0 saturated heterocycles. The topological polar surface area (TPSA) is 84.9 Å². The molecule has 1 amide bonds. The molecule has 0 spiro atoms. The molecule has 32 heavy (non-hydrogen) atoms. The zero-order valence-corrected chi connectivity index (χ0v) is 22.5. The van der Waals surface area contributed by atoms with Gasteiger partial charge in [0.1, 0.15) is 11.5 Å². The van der Waals surface area contributed by atoms with Crippen LogP contribution in [0.25, 0.3) is 0 Å². The summed E-state index contributed by atoms with van der Waals surface area (Å²) in [6, 6.07) is 6.84. The first-order valence-electron chi connectivity index (χ1n) is 11.6. The molecule has 0 heterocycles. The molecule has 0 aliphatic heterocycles. The normalized spacial score (nSPS) is 14.5. The van der Waals surface area contributed by atoms with Crippen LogP contribution >= 0.6 is 0 Å². The van der Waals surface area contributed by atoms with E-state index in [0.717, 1.165) is 5.56 Å². The number of carboxylic acid groups (broad SMARTS) is 1. The fraction of sp³-hybridized carbons (Fsp3) is 0.680. The number of amides is 1. The fourth-order valence-corrected chi connectivity index (χ4v) is 10.2. The number of hydrogen-bond donors (Lipinski definition) is 2. The van der Waals surface area contributed by atoms with Crippen molar-refractivity contribution in [2.75, 3.05) is 0 Å². The summed E-state index contributed by atoms with van der Waals surface area (Å²) in [7, 11) is -1.98. The summed E-state index contributed by atoms with van der Waals surface area (Å²) in [6.07, 6.45) is -0.626. The Morgan fingerprint density at radius 2 is 1.41 bits per heavy atom.